The number of aryl methyl sites for hydroxylation is 1. The largest absolute Gasteiger partial charge is 0.480 e. The van der Waals surface area contributed by atoms with E-state index in [0.29, 0.717) is 34.9 Å². The molecule has 2 aromatic rings. The van der Waals surface area contributed by atoms with Crippen molar-refractivity contribution in [3.8, 4) is 0 Å². The van der Waals surface area contributed by atoms with Gasteiger partial charge in [0.05, 0.1) is 4.88 Å². The maximum Gasteiger partial charge on any atom is 0.329 e. The molecule has 0 radical (unpaired) electrons. The van der Waals surface area contributed by atoms with E-state index >= 15 is 0 Å². The average molecular weight is 523 g/mol. The van der Waals surface area contributed by atoms with E-state index in [2.05, 4.69) is 19.2 Å². The number of carboxylic acids is 1. The highest BCUT2D eigenvalue weighted by atomic mass is 32.2. The molecule has 2 aromatic heterocycles. The molecule has 3 aliphatic carbocycles. The Balaban J connectivity index is 1.41. The molecule has 0 aromatic carbocycles. The summed E-state index contributed by atoms with van der Waals surface area (Å²) in [6.07, 6.45) is 6.32. The van der Waals surface area contributed by atoms with Gasteiger partial charge in [-0.2, -0.15) is 8.42 Å². The van der Waals surface area contributed by atoms with Crippen LogP contribution in [0.25, 0.3) is 0 Å². The highest BCUT2D eigenvalue weighted by molar-refractivity contribution is 7.92. The molecule has 192 valence electrons. The van der Waals surface area contributed by atoms with Crippen LogP contribution < -0.4 is 5.32 Å². The highest BCUT2D eigenvalue weighted by Gasteiger charge is 2.57. The van der Waals surface area contributed by atoms with Crippen LogP contribution in [0.1, 0.15) is 61.3 Å². The number of rotatable bonds is 11. The van der Waals surface area contributed by atoms with Crippen LogP contribution in [-0.4, -0.2) is 48.6 Å². The first-order valence-electron chi connectivity index (χ1n) is 12.1. The van der Waals surface area contributed by atoms with Crippen molar-refractivity contribution in [3.63, 3.8) is 0 Å². The van der Waals surface area contributed by atoms with Gasteiger partial charge in [0.15, 0.2) is 0 Å². The molecule has 2 N–H and O–H groups in total. The van der Waals surface area contributed by atoms with Gasteiger partial charge in [-0.25, -0.2) is 8.77 Å². The number of unbranched alkanes of at least 4 members (excludes halogenated alkanes) is 1. The van der Waals surface area contributed by atoms with E-state index in [0.717, 1.165) is 43.4 Å². The summed E-state index contributed by atoms with van der Waals surface area (Å²) < 4.78 is 32.5. The van der Waals surface area contributed by atoms with Crippen molar-refractivity contribution in [1.29, 1.82) is 0 Å². The lowest BCUT2D eigenvalue weighted by Gasteiger charge is -2.62. The molecule has 1 amide bonds. The van der Waals surface area contributed by atoms with Crippen LogP contribution in [0.5, 0.6) is 0 Å². The molecule has 0 aliphatic heterocycles. The molecule has 3 fully saturated rings. The number of carbonyl (C=O) groups is 2. The Morgan fingerprint density at radius 1 is 1.23 bits per heavy atom. The smallest absolute Gasteiger partial charge is 0.329 e. The Bertz CT molecular complexity index is 1180. The van der Waals surface area contributed by atoms with Crippen LogP contribution in [-0.2, 0) is 19.6 Å². The number of amides is 1. The van der Waals surface area contributed by atoms with Crippen molar-refractivity contribution in [1.82, 2.24) is 9.29 Å². The first-order valence-corrected chi connectivity index (χ1v) is 14.4. The van der Waals surface area contributed by atoms with E-state index in [1.165, 1.54) is 16.2 Å². The number of aliphatic carboxylic acids is 1. The zero-order chi connectivity index (χ0) is 25.4. The molecule has 3 saturated carbocycles. The number of hydrogen-bond acceptors (Lipinski definition) is 6. The minimum absolute atomic E-state index is 0.0382. The van der Waals surface area contributed by atoms with Gasteiger partial charge in [0.25, 0.3) is 15.9 Å². The molecule has 3 aliphatic rings. The maximum absolute atomic E-state index is 13.2. The fourth-order valence-electron chi connectivity index (χ4n) is 5.81. The zero-order valence-electron chi connectivity index (χ0n) is 20.4. The van der Waals surface area contributed by atoms with Crippen LogP contribution >= 0.6 is 11.3 Å². The lowest BCUT2D eigenvalue weighted by atomic mass is 9.44. The van der Waals surface area contributed by atoms with Gasteiger partial charge < -0.3 is 15.2 Å². The topological polar surface area (TPSA) is 115 Å². The summed E-state index contributed by atoms with van der Waals surface area (Å²) in [5, 5.41) is 11.9. The van der Waals surface area contributed by atoms with Gasteiger partial charge in [0.2, 0.25) is 0 Å². The third-order valence-corrected chi connectivity index (χ3v) is 11.3. The standard InChI is InChI=1S/C25H34N2O6S2/c1-16-7-6-11-27(16)35(31,32)22-10-9-20(34-22)24(30)26-23-17(8-4-5-12-33-15-21(28)29)13-18-14-19(23)25(18,2)3/h6-7,9-11,17-19,23H,4-5,8,12-15H2,1-3H3,(H,26,30)(H,28,29). The second-order valence-corrected chi connectivity index (χ2v) is 13.5. The van der Waals surface area contributed by atoms with Gasteiger partial charge in [0.1, 0.15) is 10.8 Å². The Kier molecular flexibility index (Phi) is 7.45. The molecule has 0 saturated heterocycles. The van der Waals surface area contributed by atoms with Crippen molar-refractivity contribution in [2.45, 2.75) is 63.1 Å². The third-order valence-electron chi connectivity index (χ3n) is 7.94. The van der Waals surface area contributed by atoms with Crippen molar-refractivity contribution in [3.05, 3.63) is 41.0 Å². The number of fused-ring (bicyclic) bond motifs is 2. The molecular formula is C25H34N2O6S2. The van der Waals surface area contributed by atoms with E-state index < -0.39 is 16.0 Å². The molecule has 2 bridgehead atoms. The minimum atomic E-state index is -3.72. The van der Waals surface area contributed by atoms with Crippen molar-refractivity contribution in [2.75, 3.05) is 13.2 Å². The minimum Gasteiger partial charge on any atom is -0.480 e. The number of nitrogens with zero attached hydrogens (tertiary/aromatic N) is 1. The zero-order valence-corrected chi connectivity index (χ0v) is 22.0. The van der Waals surface area contributed by atoms with Crippen molar-refractivity contribution < 1.29 is 27.9 Å². The van der Waals surface area contributed by atoms with Gasteiger partial charge in [-0.1, -0.05) is 20.3 Å². The van der Waals surface area contributed by atoms with Crippen molar-refractivity contribution in [2.24, 2.45) is 23.2 Å². The monoisotopic (exact) mass is 522 g/mol. The first-order chi connectivity index (χ1) is 16.5. The maximum atomic E-state index is 13.2. The van der Waals surface area contributed by atoms with Gasteiger partial charge in [0, 0.05) is 24.5 Å². The summed E-state index contributed by atoms with van der Waals surface area (Å²) in [6.45, 7) is 6.42. The number of ether oxygens (including phenoxy) is 1. The second-order valence-electron chi connectivity index (χ2n) is 10.4. The molecule has 8 nitrogen and oxygen atoms in total. The first kappa shape index (κ1) is 25.9. The number of carbonyl (C=O) groups excluding carboxylic acids is 1. The van der Waals surface area contributed by atoms with Gasteiger partial charge in [-0.3, -0.25) is 4.79 Å². The summed E-state index contributed by atoms with van der Waals surface area (Å²) in [7, 11) is -3.72. The summed E-state index contributed by atoms with van der Waals surface area (Å²) >= 11 is 1.00. The number of thiophene rings is 1. The number of carboxylic acid groups (broad SMARTS) is 1. The number of hydrogen-bond donors (Lipinski definition) is 2. The predicted octanol–water partition coefficient (Wildman–Crippen LogP) is 4.15. The van der Waals surface area contributed by atoms with E-state index in [9.17, 15) is 18.0 Å². The summed E-state index contributed by atoms with van der Waals surface area (Å²) in [4.78, 5) is 24.2. The molecular weight excluding hydrogens is 488 g/mol. The lowest BCUT2D eigenvalue weighted by molar-refractivity contribution is -0.142. The van der Waals surface area contributed by atoms with Gasteiger partial charge >= 0.3 is 5.97 Å². The lowest BCUT2D eigenvalue weighted by Crippen LogP contribution is -2.63. The van der Waals surface area contributed by atoms with Crippen LogP contribution in [0.4, 0.5) is 0 Å². The Morgan fingerprint density at radius 2 is 2.00 bits per heavy atom. The fourth-order valence-corrected chi connectivity index (χ4v) is 8.49. The van der Waals surface area contributed by atoms with E-state index in [1.807, 2.05) is 0 Å². The van der Waals surface area contributed by atoms with E-state index in [4.69, 9.17) is 9.84 Å². The summed E-state index contributed by atoms with van der Waals surface area (Å²) in [5.41, 5.74) is 0.791. The fraction of sp³-hybridized carbons (Fsp3) is 0.600. The van der Waals surface area contributed by atoms with Gasteiger partial charge in [-0.05, 0) is 80.0 Å². The van der Waals surface area contributed by atoms with Crippen LogP contribution in [0.3, 0.4) is 0 Å². The second kappa shape index (κ2) is 10.1. The Hall–Kier alpha value is -2.17. The molecule has 4 unspecified atom stereocenters. The van der Waals surface area contributed by atoms with Crippen LogP contribution in [0.2, 0.25) is 0 Å². The molecule has 5 rings (SSSR count). The van der Waals surface area contributed by atoms with Crippen LogP contribution in [0, 0.1) is 30.1 Å². The predicted molar refractivity (Wildman–Crippen MR) is 133 cm³/mol. The van der Waals surface area contributed by atoms with Gasteiger partial charge in [-0.15, -0.1) is 11.3 Å². The Labute approximate surface area is 210 Å². The third kappa shape index (κ3) is 5.20. The number of nitrogens with one attached hydrogen (secondary N) is 1. The molecule has 10 heteroatoms. The average Bonchev–Trinajstić information content (AvgIpc) is 3.46. The molecule has 35 heavy (non-hydrogen) atoms. The SMILES string of the molecule is Cc1cccn1S(=O)(=O)c1ccc(C(=O)NC2C(CCCCOCC(=O)O)CC3CC2C3(C)C)s1. The Morgan fingerprint density at radius 3 is 2.66 bits per heavy atom. The normalized spacial score (nSPS) is 25.1. The molecule has 2 heterocycles. The van der Waals surface area contributed by atoms with Crippen LogP contribution in [0.15, 0.2) is 34.7 Å². The quantitative estimate of drug-likeness (QED) is 0.429. The van der Waals surface area contributed by atoms with E-state index in [1.54, 1.807) is 25.1 Å². The molecule has 0 spiro atoms. The summed E-state index contributed by atoms with van der Waals surface area (Å²) in [6, 6.07) is 6.55. The highest BCUT2D eigenvalue weighted by Crippen LogP contribution is 2.61. The molecule has 4 atom stereocenters. The number of aromatic nitrogens is 1. The van der Waals surface area contributed by atoms with Crippen molar-refractivity contribution >= 4 is 33.2 Å². The summed E-state index contributed by atoms with van der Waals surface area (Å²) in [5.74, 6) is 0.208. The van der Waals surface area contributed by atoms with E-state index in [-0.39, 0.29) is 28.2 Å².